The Bertz CT molecular complexity index is 2370. The number of fused-ring (bicyclic) bond motifs is 1. The van der Waals surface area contributed by atoms with Crippen LogP contribution in [0.3, 0.4) is 0 Å². The Morgan fingerprint density at radius 2 is 1.15 bits per heavy atom. The van der Waals surface area contributed by atoms with Crippen molar-refractivity contribution >= 4 is 64.1 Å². The van der Waals surface area contributed by atoms with Crippen LogP contribution in [0, 0.1) is 5.92 Å². The maximum atomic E-state index is 14.2. The Hall–Kier alpha value is -7.77. The van der Waals surface area contributed by atoms with Crippen molar-refractivity contribution in [2.75, 3.05) is 6.54 Å². The van der Waals surface area contributed by atoms with E-state index in [1.807, 2.05) is 6.07 Å². The minimum absolute atomic E-state index is 0.00886. The lowest BCUT2D eigenvalue weighted by atomic mass is 10.00. The zero-order valence-corrected chi connectivity index (χ0v) is 37.0. The number of carbonyl (C=O) groups is 9. The van der Waals surface area contributed by atoms with Gasteiger partial charge in [0, 0.05) is 43.3 Å². The first-order valence-electron chi connectivity index (χ1n) is 21.2. The SMILES string of the molecule is CC(=O)N[C@@H](C)C(=O)N[C@@H](Cc1ccc(O)cc1)C(=O)NCC(=O)N[C@@H](Cc1c[nH]c2ccccc12)C(=O)N[C@@H](CC(C)C)C(=O)N[C@@H](CC(=O)O)C(=O)N[C@@H](Cc1ccccc1)C(N)=O. The third kappa shape index (κ3) is 16.1. The first-order valence-corrected chi connectivity index (χ1v) is 21.2. The fourth-order valence-electron chi connectivity index (χ4n) is 6.99. The molecule has 3 aromatic carbocycles. The monoisotopic (exact) mass is 911 g/mol. The standard InChI is InChI=1S/C46H57N9O11/c1-25(2)18-35(44(64)55-38(22-40(59)60)46(66)52-34(41(47)61)19-28-10-6-5-7-11-28)54-45(65)37(21-30-23-48-33-13-9-8-12-32(30)33)51-39(58)24-49-43(63)36(20-29-14-16-31(57)17-15-29)53-42(62)26(3)50-27(4)56/h5-17,23,25-26,34-38,48,57H,18-22,24H2,1-4H3,(H2,47,61)(H,49,63)(H,50,56)(H,51,58)(H,52,66)(H,53,62)(H,54,65)(H,55,64)(H,59,60)/t26-,34-,35-,36-,37-,38-/m0/s1. The molecule has 1 aromatic heterocycles. The third-order valence-electron chi connectivity index (χ3n) is 10.3. The molecule has 0 radical (unpaired) electrons. The number of H-pyrrole nitrogens is 1. The van der Waals surface area contributed by atoms with Crippen LogP contribution in [-0.2, 0) is 62.4 Å². The first-order chi connectivity index (χ1) is 31.3. The van der Waals surface area contributed by atoms with Gasteiger partial charge in [-0.1, -0.05) is 74.5 Å². The van der Waals surface area contributed by atoms with Gasteiger partial charge >= 0.3 is 5.97 Å². The van der Waals surface area contributed by atoms with Crippen LogP contribution in [0.15, 0.2) is 85.1 Å². The molecule has 66 heavy (non-hydrogen) atoms. The van der Waals surface area contributed by atoms with Crippen LogP contribution in [-0.4, -0.2) is 111 Å². The molecule has 0 aliphatic carbocycles. The molecule has 352 valence electrons. The number of aromatic nitrogens is 1. The quantitative estimate of drug-likeness (QED) is 0.0444. The number of carboxylic acids is 1. The van der Waals surface area contributed by atoms with Crippen molar-refractivity contribution in [2.45, 2.75) is 96.1 Å². The topological polar surface area (TPSA) is 320 Å². The van der Waals surface area contributed by atoms with Crippen LogP contribution in [0.25, 0.3) is 10.9 Å². The first kappa shape index (κ1) is 50.9. The van der Waals surface area contributed by atoms with E-state index in [-0.39, 0.29) is 37.4 Å². The van der Waals surface area contributed by atoms with Crippen molar-refractivity contribution in [3.8, 4) is 5.75 Å². The van der Waals surface area contributed by atoms with E-state index in [9.17, 15) is 53.4 Å². The lowest BCUT2D eigenvalue weighted by Gasteiger charge is -2.27. The maximum Gasteiger partial charge on any atom is 0.305 e. The molecule has 0 aliphatic rings. The maximum absolute atomic E-state index is 14.2. The van der Waals surface area contributed by atoms with E-state index in [1.54, 1.807) is 80.7 Å². The van der Waals surface area contributed by atoms with Crippen LogP contribution in [0.1, 0.15) is 57.2 Å². The second kappa shape index (κ2) is 24.3. The summed E-state index contributed by atoms with van der Waals surface area (Å²) in [6, 6.07) is 13.8. The van der Waals surface area contributed by atoms with Crippen LogP contribution in [0.2, 0.25) is 0 Å². The number of primary amides is 1. The zero-order chi connectivity index (χ0) is 48.5. The molecule has 0 saturated carbocycles. The molecule has 6 atom stereocenters. The number of amides is 8. The van der Waals surface area contributed by atoms with Crippen LogP contribution < -0.4 is 43.0 Å². The van der Waals surface area contributed by atoms with E-state index in [4.69, 9.17) is 5.73 Å². The van der Waals surface area contributed by atoms with Gasteiger partial charge in [-0.2, -0.15) is 0 Å². The number of aliphatic carboxylic acids is 1. The summed E-state index contributed by atoms with van der Waals surface area (Å²) in [6.45, 7) is 5.51. The summed E-state index contributed by atoms with van der Waals surface area (Å²) < 4.78 is 0. The molecule has 0 spiro atoms. The number of nitrogens with one attached hydrogen (secondary N) is 8. The lowest BCUT2D eigenvalue weighted by Crippen LogP contribution is -2.59. The van der Waals surface area contributed by atoms with E-state index in [0.717, 1.165) is 10.9 Å². The summed E-state index contributed by atoms with van der Waals surface area (Å²) in [4.78, 5) is 121. The van der Waals surface area contributed by atoms with Crippen LogP contribution in [0.5, 0.6) is 5.75 Å². The Morgan fingerprint density at radius 1 is 0.606 bits per heavy atom. The van der Waals surface area contributed by atoms with Gasteiger partial charge < -0.3 is 58.1 Å². The number of hydrogen-bond donors (Lipinski definition) is 11. The summed E-state index contributed by atoms with van der Waals surface area (Å²) in [6.07, 6.45) is 0.607. The number of aromatic amines is 1. The van der Waals surface area contributed by atoms with Crippen molar-refractivity contribution in [2.24, 2.45) is 11.7 Å². The number of rotatable bonds is 24. The number of carboxylic acid groups (broad SMARTS) is 1. The van der Waals surface area contributed by atoms with E-state index >= 15 is 0 Å². The fraction of sp³-hybridized carbons (Fsp3) is 0.370. The average molecular weight is 912 g/mol. The summed E-state index contributed by atoms with van der Waals surface area (Å²) in [5.74, 6) is -8.12. The van der Waals surface area contributed by atoms with Gasteiger partial charge in [-0.25, -0.2) is 0 Å². The van der Waals surface area contributed by atoms with Gasteiger partial charge in [0.2, 0.25) is 47.3 Å². The minimum atomic E-state index is -1.69. The molecule has 20 nitrogen and oxygen atoms in total. The molecule has 1 heterocycles. The zero-order valence-electron chi connectivity index (χ0n) is 37.0. The van der Waals surface area contributed by atoms with Crippen LogP contribution >= 0.6 is 0 Å². The predicted octanol–water partition coefficient (Wildman–Crippen LogP) is -0.0277. The van der Waals surface area contributed by atoms with Gasteiger partial charge in [0.05, 0.1) is 13.0 Å². The fourth-order valence-corrected chi connectivity index (χ4v) is 6.99. The largest absolute Gasteiger partial charge is 0.508 e. The van der Waals surface area contributed by atoms with Gasteiger partial charge in [-0.3, -0.25) is 43.2 Å². The molecule has 0 bridgehead atoms. The van der Waals surface area contributed by atoms with E-state index < -0.39 is 102 Å². The molecule has 4 rings (SSSR count). The summed E-state index contributed by atoms with van der Waals surface area (Å²) >= 11 is 0. The number of phenolic OH excluding ortho intramolecular Hbond substituents is 1. The second-order valence-corrected chi connectivity index (χ2v) is 16.3. The van der Waals surface area contributed by atoms with Crippen molar-refractivity contribution in [1.82, 2.24) is 42.2 Å². The Balaban J connectivity index is 1.54. The Labute approximate surface area is 380 Å². The van der Waals surface area contributed by atoms with Gasteiger partial charge in [0.25, 0.3) is 0 Å². The van der Waals surface area contributed by atoms with E-state index in [1.165, 1.54) is 26.0 Å². The van der Waals surface area contributed by atoms with Gasteiger partial charge in [-0.05, 0) is 54.2 Å². The number of aromatic hydroxyl groups is 1. The molecule has 12 N–H and O–H groups in total. The number of phenols is 1. The highest BCUT2D eigenvalue weighted by atomic mass is 16.4. The van der Waals surface area contributed by atoms with Crippen molar-refractivity contribution < 1.29 is 53.4 Å². The highest BCUT2D eigenvalue weighted by molar-refractivity contribution is 5.98. The smallest absolute Gasteiger partial charge is 0.305 e. The van der Waals surface area contributed by atoms with Crippen molar-refractivity contribution in [3.05, 3.63) is 102 Å². The van der Waals surface area contributed by atoms with E-state index in [2.05, 4.69) is 42.2 Å². The summed E-state index contributed by atoms with van der Waals surface area (Å²) in [5.41, 5.74) is 8.12. The molecular formula is C46H57N9O11. The molecule has 0 fully saturated rings. The number of benzene rings is 3. The van der Waals surface area contributed by atoms with Gasteiger partial charge in [-0.15, -0.1) is 0 Å². The number of nitrogens with two attached hydrogens (primary N) is 1. The van der Waals surface area contributed by atoms with Gasteiger partial charge in [0.1, 0.15) is 42.0 Å². The molecular weight excluding hydrogens is 855 g/mol. The van der Waals surface area contributed by atoms with E-state index in [0.29, 0.717) is 16.7 Å². The molecule has 20 heteroatoms. The van der Waals surface area contributed by atoms with Crippen molar-refractivity contribution in [3.63, 3.8) is 0 Å². The number of hydrogen-bond acceptors (Lipinski definition) is 10. The lowest BCUT2D eigenvalue weighted by molar-refractivity contribution is -0.141. The summed E-state index contributed by atoms with van der Waals surface area (Å²) in [5, 5.41) is 37.8. The molecule has 0 unspecified atom stereocenters. The molecule has 4 aromatic rings. The minimum Gasteiger partial charge on any atom is -0.508 e. The Kier molecular flexibility index (Phi) is 18.8. The average Bonchev–Trinajstić information content (AvgIpc) is 3.67. The molecule has 0 saturated heterocycles. The second-order valence-electron chi connectivity index (χ2n) is 16.3. The molecule has 8 amide bonds. The molecule has 0 aliphatic heterocycles. The number of para-hydroxylation sites is 1. The predicted molar refractivity (Wildman–Crippen MR) is 241 cm³/mol. The third-order valence-corrected chi connectivity index (χ3v) is 10.3. The number of carbonyl (C=O) groups excluding carboxylic acids is 8. The van der Waals surface area contributed by atoms with Crippen molar-refractivity contribution in [1.29, 1.82) is 0 Å². The highest BCUT2D eigenvalue weighted by Gasteiger charge is 2.33. The van der Waals surface area contributed by atoms with Gasteiger partial charge in [0.15, 0.2) is 0 Å². The Morgan fingerprint density at radius 3 is 1.79 bits per heavy atom. The normalized spacial score (nSPS) is 13.7. The van der Waals surface area contributed by atoms with Crippen LogP contribution in [0.4, 0.5) is 0 Å². The summed E-state index contributed by atoms with van der Waals surface area (Å²) in [7, 11) is 0. The highest BCUT2D eigenvalue weighted by Crippen LogP contribution is 2.20.